The summed E-state index contributed by atoms with van der Waals surface area (Å²) >= 11 is 0. The summed E-state index contributed by atoms with van der Waals surface area (Å²) in [7, 11) is 3.44. The predicted octanol–water partition coefficient (Wildman–Crippen LogP) is 3.33. The number of rotatable bonds is 11. The number of ether oxygens (including phenoxy) is 3. The first-order valence-electron chi connectivity index (χ1n) is 8.32. The first-order chi connectivity index (χ1) is 11.8. The number of methoxy groups -OCH3 is 2. The molecule has 0 bridgehead atoms. The molecule has 0 unspecified atom stereocenters. The molecule has 0 aliphatic rings. The first kappa shape index (κ1) is 18.5. The molecule has 0 saturated carbocycles. The third-order valence-corrected chi connectivity index (χ3v) is 3.84. The van der Waals surface area contributed by atoms with Crippen LogP contribution in [-0.4, -0.2) is 58.6 Å². The molecule has 4 heteroatoms. The fraction of sp³-hybridized carbons (Fsp3) is 0.400. The fourth-order valence-electron chi connectivity index (χ4n) is 2.46. The summed E-state index contributed by atoms with van der Waals surface area (Å²) in [6, 6.07) is 18.6. The van der Waals surface area contributed by atoms with E-state index < -0.39 is 0 Å². The molecular weight excluding hydrogens is 302 g/mol. The van der Waals surface area contributed by atoms with Gasteiger partial charge in [0, 0.05) is 33.9 Å². The molecule has 0 spiro atoms. The van der Waals surface area contributed by atoms with Crippen molar-refractivity contribution in [1.29, 1.82) is 0 Å². The third kappa shape index (κ3) is 6.32. The van der Waals surface area contributed by atoms with Gasteiger partial charge in [0.1, 0.15) is 12.4 Å². The molecule has 0 aliphatic carbocycles. The Kier molecular flexibility index (Phi) is 8.32. The van der Waals surface area contributed by atoms with Gasteiger partial charge in [-0.15, -0.1) is 0 Å². The normalized spacial score (nSPS) is 11.0. The number of hydrogen-bond donors (Lipinski definition) is 0. The highest BCUT2D eigenvalue weighted by Gasteiger charge is 2.05. The first-order valence-corrected chi connectivity index (χ1v) is 8.32. The zero-order valence-electron chi connectivity index (χ0n) is 14.6. The van der Waals surface area contributed by atoms with Gasteiger partial charge in [0.15, 0.2) is 0 Å². The van der Waals surface area contributed by atoms with Crippen LogP contribution in [0.25, 0.3) is 11.1 Å². The Labute approximate surface area is 145 Å². The van der Waals surface area contributed by atoms with Gasteiger partial charge in [-0.3, -0.25) is 4.90 Å². The Balaban J connectivity index is 1.86. The molecule has 0 saturated heterocycles. The topological polar surface area (TPSA) is 30.9 Å². The minimum absolute atomic E-state index is 0.645. The van der Waals surface area contributed by atoms with Crippen molar-refractivity contribution in [3.8, 4) is 16.9 Å². The molecule has 0 aromatic heterocycles. The van der Waals surface area contributed by atoms with Gasteiger partial charge < -0.3 is 14.2 Å². The second-order valence-electron chi connectivity index (χ2n) is 5.57. The lowest BCUT2D eigenvalue weighted by Crippen LogP contribution is -2.34. The van der Waals surface area contributed by atoms with Gasteiger partial charge in [-0.25, -0.2) is 0 Å². The molecule has 0 heterocycles. The van der Waals surface area contributed by atoms with E-state index in [1.54, 1.807) is 14.2 Å². The second-order valence-corrected chi connectivity index (χ2v) is 5.57. The van der Waals surface area contributed by atoms with Crippen molar-refractivity contribution in [2.24, 2.45) is 0 Å². The van der Waals surface area contributed by atoms with E-state index in [9.17, 15) is 0 Å². The van der Waals surface area contributed by atoms with E-state index in [2.05, 4.69) is 29.2 Å². The van der Waals surface area contributed by atoms with Crippen LogP contribution in [0.15, 0.2) is 54.6 Å². The van der Waals surface area contributed by atoms with Crippen LogP contribution in [0.2, 0.25) is 0 Å². The minimum atomic E-state index is 0.645. The van der Waals surface area contributed by atoms with E-state index in [0.29, 0.717) is 19.8 Å². The smallest absolute Gasteiger partial charge is 0.119 e. The average molecular weight is 329 g/mol. The van der Waals surface area contributed by atoms with Gasteiger partial charge in [0.25, 0.3) is 0 Å². The van der Waals surface area contributed by atoms with Crippen molar-refractivity contribution >= 4 is 0 Å². The average Bonchev–Trinajstić information content (AvgIpc) is 2.64. The maximum absolute atomic E-state index is 5.94. The second kappa shape index (κ2) is 10.8. The maximum Gasteiger partial charge on any atom is 0.119 e. The van der Waals surface area contributed by atoms with Crippen LogP contribution in [0.3, 0.4) is 0 Å². The van der Waals surface area contributed by atoms with Crippen LogP contribution >= 0.6 is 0 Å². The molecule has 0 radical (unpaired) electrons. The SMILES string of the molecule is COCCN(CCOC)CCOc1cccc(-c2ccccc2)c1. The Hall–Kier alpha value is -1.88. The molecule has 4 nitrogen and oxygen atoms in total. The van der Waals surface area contributed by atoms with E-state index >= 15 is 0 Å². The van der Waals surface area contributed by atoms with Crippen LogP contribution in [-0.2, 0) is 9.47 Å². The summed E-state index contributed by atoms with van der Waals surface area (Å²) in [5.74, 6) is 0.898. The van der Waals surface area contributed by atoms with Crippen LogP contribution in [0.5, 0.6) is 5.75 Å². The van der Waals surface area contributed by atoms with Crippen LogP contribution < -0.4 is 4.74 Å². The zero-order chi connectivity index (χ0) is 17.0. The van der Waals surface area contributed by atoms with E-state index in [-0.39, 0.29) is 0 Å². The quantitative estimate of drug-likeness (QED) is 0.633. The lowest BCUT2D eigenvalue weighted by molar-refractivity contribution is 0.104. The number of nitrogens with zero attached hydrogens (tertiary/aromatic N) is 1. The Morgan fingerprint density at radius 3 is 2.00 bits per heavy atom. The highest BCUT2D eigenvalue weighted by Crippen LogP contribution is 2.23. The van der Waals surface area contributed by atoms with Crippen LogP contribution in [0.1, 0.15) is 0 Å². The van der Waals surface area contributed by atoms with Gasteiger partial charge >= 0.3 is 0 Å². The molecular formula is C20H27NO3. The van der Waals surface area contributed by atoms with E-state index in [1.807, 2.05) is 30.3 Å². The third-order valence-electron chi connectivity index (χ3n) is 3.84. The molecule has 0 amide bonds. The monoisotopic (exact) mass is 329 g/mol. The molecule has 0 aliphatic heterocycles. The fourth-order valence-corrected chi connectivity index (χ4v) is 2.46. The van der Waals surface area contributed by atoms with Crippen molar-refractivity contribution in [2.45, 2.75) is 0 Å². The van der Waals surface area contributed by atoms with Crippen molar-refractivity contribution in [1.82, 2.24) is 4.90 Å². The molecule has 0 atom stereocenters. The van der Waals surface area contributed by atoms with Gasteiger partial charge in [0.05, 0.1) is 13.2 Å². The van der Waals surface area contributed by atoms with Crippen LogP contribution in [0.4, 0.5) is 0 Å². The molecule has 0 fully saturated rings. The molecule has 2 rings (SSSR count). The van der Waals surface area contributed by atoms with Gasteiger partial charge in [-0.2, -0.15) is 0 Å². The van der Waals surface area contributed by atoms with E-state index in [4.69, 9.17) is 14.2 Å². The summed E-state index contributed by atoms with van der Waals surface area (Å²) in [6.45, 7) is 4.69. The Bertz CT molecular complexity index is 566. The molecule has 0 N–H and O–H groups in total. The highest BCUT2D eigenvalue weighted by atomic mass is 16.5. The van der Waals surface area contributed by atoms with Gasteiger partial charge in [-0.05, 0) is 23.3 Å². The van der Waals surface area contributed by atoms with Crippen molar-refractivity contribution in [3.05, 3.63) is 54.6 Å². The van der Waals surface area contributed by atoms with Gasteiger partial charge in [-0.1, -0.05) is 42.5 Å². The standard InChI is InChI=1S/C20H27NO3/c1-22-14-11-21(12-15-23-2)13-16-24-20-10-6-9-19(17-20)18-7-4-3-5-8-18/h3-10,17H,11-16H2,1-2H3. The summed E-state index contributed by atoms with van der Waals surface area (Å²) in [4.78, 5) is 2.29. The largest absolute Gasteiger partial charge is 0.492 e. The van der Waals surface area contributed by atoms with E-state index in [0.717, 1.165) is 25.4 Å². The summed E-state index contributed by atoms with van der Waals surface area (Å²) in [5.41, 5.74) is 2.37. The zero-order valence-corrected chi connectivity index (χ0v) is 14.6. The van der Waals surface area contributed by atoms with Gasteiger partial charge in [0.2, 0.25) is 0 Å². The molecule has 2 aromatic rings. The molecule has 130 valence electrons. The molecule has 24 heavy (non-hydrogen) atoms. The summed E-state index contributed by atoms with van der Waals surface area (Å²) in [6.07, 6.45) is 0. The Morgan fingerprint density at radius 1 is 0.708 bits per heavy atom. The van der Waals surface area contributed by atoms with E-state index in [1.165, 1.54) is 11.1 Å². The van der Waals surface area contributed by atoms with Crippen molar-refractivity contribution in [3.63, 3.8) is 0 Å². The minimum Gasteiger partial charge on any atom is -0.492 e. The van der Waals surface area contributed by atoms with Crippen molar-refractivity contribution < 1.29 is 14.2 Å². The predicted molar refractivity (Wildman–Crippen MR) is 97.6 cm³/mol. The molecule has 2 aromatic carbocycles. The lowest BCUT2D eigenvalue weighted by atomic mass is 10.1. The number of hydrogen-bond acceptors (Lipinski definition) is 4. The maximum atomic E-state index is 5.94. The van der Waals surface area contributed by atoms with Crippen LogP contribution in [0, 0.1) is 0 Å². The lowest BCUT2D eigenvalue weighted by Gasteiger charge is -2.21. The Morgan fingerprint density at radius 2 is 1.33 bits per heavy atom. The van der Waals surface area contributed by atoms with Crippen molar-refractivity contribution in [2.75, 3.05) is 53.7 Å². The summed E-state index contributed by atoms with van der Waals surface area (Å²) < 4.78 is 16.3. The summed E-state index contributed by atoms with van der Waals surface area (Å²) in [5, 5.41) is 0. The number of benzene rings is 2. The highest BCUT2D eigenvalue weighted by molar-refractivity contribution is 5.64.